The topological polar surface area (TPSA) is 62.3 Å². The van der Waals surface area contributed by atoms with E-state index < -0.39 is 11.6 Å². The van der Waals surface area contributed by atoms with Crippen LogP contribution in [0.3, 0.4) is 0 Å². The Hall–Kier alpha value is -2.09. The number of piperidine rings is 1. The first kappa shape index (κ1) is 15.8. The number of halogens is 2. The molecule has 1 unspecified atom stereocenters. The molecule has 0 saturated carbocycles. The van der Waals surface area contributed by atoms with Crippen LogP contribution in [0.2, 0.25) is 0 Å². The van der Waals surface area contributed by atoms with E-state index in [2.05, 4.69) is 10.3 Å². The molecule has 23 heavy (non-hydrogen) atoms. The maximum Gasteiger partial charge on any atom is 0.231 e. The molecule has 1 N–H and O–H groups in total. The molecule has 8 heteroatoms. The highest BCUT2D eigenvalue weighted by Crippen LogP contribution is 2.29. The van der Waals surface area contributed by atoms with Crippen LogP contribution in [0.5, 0.6) is 0 Å². The van der Waals surface area contributed by atoms with E-state index in [9.17, 15) is 18.4 Å². The van der Waals surface area contributed by atoms with Crippen molar-refractivity contribution in [3.05, 3.63) is 23.8 Å². The SMILES string of the molecule is CC(=O)N1CCCC(C(=O)Nc2nc3c(F)cc(F)cc3s2)C1. The Morgan fingerprint density at radius 2 is 2.17 bits per heavy atom. The van der Waals surface area contributed by atoms with Crippen molar-refractivity contribution < 1.29 is 18.4 Å². The highest BCUT2D eigenvalue weighted by Gasteiger charge is 2.27. The fourth-order valence-electron chi connectivity index (χ4n) is 2.70. The molecule has 1 aromatic carbocycles. The van der Waals surface area contributed by atoms with Crippen molar-refractivity contribution in [2.75, 3.05) is 18.4 Å². The number of fused-ring (bicyclic) bond motifs is 1. The van der Waals surface area contributed by atoms with E-state index in [1.54, 1.807) is 4.90 Å². The number of nitrogens with one attached hydrogen (secondary N) is 1. The number of carbonyl (C=O) groups is 2. The van der Waals surface area contributed by atoms with Crippen LogP contribution < -0.4 is 5.32 Å². The van der Waals surface area contributed by atoms with Gasteiger partial charge in [-0.2, -0.15) is 0 Å². The zero-order valence-corrected chi connectivity index (χ0v) is 13.3. The molecule has 0 radical (unpaired) electrons. The van der Waals surface area contributed by atoms with Crippen LogP contribution in [0.4, 0.5) is 13.9 Å². The second-order valence-corrected chi connectivity index (χ2v) is 6.58. The van der Waals surface area contributed by atoms with Gasteiger partial charge in [-0.1, -0.05) is 11.3 Å². The predicted molar refractivity (Wildman–Crippen MR) is 83.1 cm³/mol. The summed E-state index contributed by atoms with van der Waals surface area (Å²) in [5, 5.41) is 2.88. The molecule has 2 amide bonds. The summed E-state index contributed by atoms with van der Waals surface area (Å²) >= 11 is 1.02. The highest BCUT2D eigenvalue weighted by molar-refractivity contribution is 7.22. The van der Waals surface area contributed by atoms with Gasteiger partial charge in [0.15, 0.2) is 10.9 Å². The van der Waals surface area contributed by atoms with Crippen molar-refractivity contribution >= 4 is 38.5 Å². The first-order valence-corrected chi connectivity index (χ1v) is 8.07. The molecule has 0 aliphatic carbocycles. The van der Waals surface area contributed by atoms with E-state index in [4.69, 9.17) is 0 Å². The third-order valence-corrected chi connectivity index (χ3v) is 4.80. The molecule has 2 aromatic rings. The maximum atomic E-state index is 13.6. The minimum absolute atomic E-state index is 0.0423. The van der Waals surface area contributed by atoms with Crippen molar-refractivity contribution in [3.63, 3.8) is 0 Å². The lowest BCUT2D eigenvalue weighted by molar-refractivity contribution is -0.132. The second kappa shape index (κ2) is 6.19. The molecule has 1 fully saturated rings. The minimum Gasteiger partial charge on any atom is -0.342 e. The molecule has 1 aliphatic heterocycles. The van der Waals surface area contributed by atoms with Crippen LogP contribution in [0, 0.1) is 17.6 Å². The lowest BCUT2D eigenvalue weighted by Gasteiger charge is -2.31. The molecule has 0 spiro atoms. The first-order valence-electron chi connectivity index (χ1n) is 7.26. The van der Waals surface area contributed by atoms with Gasteiger partial charge in [0, 0.05) is 26.1 Å². The van der Waals surface area contributed by atoms with E-state index in [0.717, 1.165) is 23.8 Å². The van der Waals surface area contributed by atoms with Crippen molar-refractivity contribution in [1.82, 2.24) is 9.88 Å². The number of likely N-dealkylation sites (tertiary alicyclic amines) is 1. The molecule has 1 atom stereocenters. The van der Waals surface area contributed by atoms with Gasteiger partial charge in [0.1, 0.15) is 11.3 Å². The van der Waals surface area contributed by atoms with Gasteiger partial charge in [0.2, 0.25) is 11.8 Å². The smallest absolute Gasteiger partial charge is 0.231 e. The number of benzene rings is 1. The fraction of sp³-hybridized carbons (Fsp3) is 0.400. The number of hydrogen-bond donors (Lipinski definition) is 1. The Balaban J connectivity index is 1.75. The standard InChI is InChI=1S/C15H15F2N3O2S/c1-8(21)20-4-2-3-9(7-20)14(22)19-15-18-13-11(17)5-10(16)6-12(13)23-15/h5-6,9H,2-4,7H2,1H3,(H,18,19,22). The monoisotopic (exact) mass is 339 g/mol. The Labute approximate surface area is 135 Å². The lowest BCUT2D eigenvalue weighted by Crippen LogP contribution is -2.42. The minimum atomic E-state index is -0.753. The average molecular weight is 339 g/mol. The van der Waals surface area contributed by atoms with Gasteiger partial charge in [0.05, 0.1) is 10.6 Å². The Morgan fingerprint density at radius 1 is 1.39 bits per heavy atom. The van der Waals surface area contributed by atoms with E-state index in [1.807, 2.05) is 0 Å². The van der Waals surface area contributed by atoms with E-state index in [1.165, 1.54) is 13.0 Å². The summed E-state index contributed by atoms with van der Waals surface area (Å²) in [5.74, 6) is -2.06. The number of thiazole rings is 1. The third-order valence-electron chi connectivity index (χ3n) is 3.88. The quantitative estimate of drug-likeness (QED) is 0.915. The number of carbonyl (C=O) groups excluding carboxylic acids is 2. The summed E-state index contributed by atoms with van der Waals surface area (Å²) in [6.45, 7) is 2.50. The van der Waals surface area contributed by atoms with Crippen molar-refractivity contribution in [2.24, 2.45) is 5.92 Å². The van der Waals surface area contributed by atoms with Gasteiger partial charge in [0.25, 0.3) is 0 Å². The van der Waals surface area contributed by atoms with Gasteiger partial charge >= 0.3 is 0 Å². The highest BCUT2D eigenvalue weighted by atomic mass is 32.1. The maximum absolute atomic E-state index is 13.6. The zero-order chi connectivity index (χ0) is 16.6. The van der Waals surface area contributed by atoms with Crippen molar-refractivity contribution in [1.29, 1.82) is 0 Å². The number of hydrogen-bond acceptors (Lipinski definition) is 4. The van der Waals surface area contributed by atoms with Crippen LogP contribution in [0.15, 0.2) is 12.1 Å². The molecule has 5 nitrogen and oxygen atoms in total. The van der Waals surface area contributed by atoms with Crippen molar-refractivity contribution in [2.45, 2.75) is 19.8 Å². The number of rotatable bonds is 2. The predicted octanol–water partition coefficient (Wildman–Crippen LogP) is 2.77. The summed E-state index contributed by atoms with van der Waals surface area (Å²) < 4.78 is 27.2. The van der Waals surface area contributed by atoms with Crippen LogP contribution in [0.25, 0.3) is 10.2 Å². The van der Waals surface area contributed by atoms with Crippen LogP contribution in [0.1, 0.15) is 19.8 Å². The molecular weight excluding hydrogens is 324 g/mol. The summed E-state index contributed by atoms with van der Waals surface area (Å²) in [7, 11) is 0. The fourth-order valence-corrected chi connectivity index (χ4v) is 3.60. The Bertz CT molecular complexity index is 777. The lowest BCUT2D eigenvalue weighted by atomic mass is 9.97. The van der Waals surface area contributed by atoms with Gasteiger partial charge in [-0.05, 0) is 18.9 Å². The molecule has 1 saturated heterocycles. The molecule has 0 bridgehead atoms. The number of aromatic nitrogens is 1. The van der Waals surface area contributed by atoms with E-state index in [-0.39, 0.29) is 28.4 Å². The summed E-state index contributed by atoms with van der Waals surface area (Å²) in [5.41, 5.74) is 0.0423. The Kier molecular flexibility index (Phi) is 4.25. The second-order valence-electron chi connectivity index (χ2n) is 5.55. The molecular formula is C15H15F2N3O2S. The van der Waals surface area contributed by atoms with Crippen molar-refractivity contribution in [3.8, 4) is 0 Å². The van der Waals surface area contributed by atoms with Crippen LogP contribution in [-0.2, 0) is 9.59 Å². The summed E-state index contributed by atoms with van der Waals surface area (Å²) in [6.07, 6.45) is 1.45. The van der Waals surface area contributed by atoms with Gasteiger partial charge in [-0.3, -0.25) is 9.59 Å². The largest absolute Gasteiger partial charge is 0.342 e. The average Bonchev–Trinajstić information content (AvgIpc) is 2.90. The molecule has 1 aromatic heterocycles. The zero-order valence-electron chi connectivity index (χ0n) is 12.4. The van der Waals surface area contributed by atoms with Crippen LogP contribution in [-0.4, -0.2) is 34.8 Å². The third kappa shape index (κ3) is 3.31. The van der Waals surface area contributed by atoms with E-state index in [0.29, 0.717) is 24.2 Å². The summed E-state index contributed by atoms with van der Waals surface area (Å²) in [4.78, 5) is 29.4. The van der Waals surface area contributed by atoms with Gasteiger partial charge in [-0.15, -0.1) is 0 Å². The summed E-state index contributed by atoms with van der Waals surface area (Å²) in [6, 6.07) is 1.95. The molecule has 122 valence electrons. The normalized spacial score (nSPS) is 18.2. The van der Waals surface area contributed by atoms with Crippen LogP contribution >= 0.6 is 11.3 Å². The number of anilines is 1. The molecule has 1 aliphatic rings. The first-order chi connectivity index (χ1) is 10.9. The number of amides is 2. The Morgan fingerprint density at radius 3 is 2.91 bits per heavy atom. The van der Waals surface area contributed by atoms with Gasteiger partial charge in [-0.25, -0.2) is 13.8 Å². The van der Waals surface area contributed by atoms with Gasteiger partial charge < -0.3 is 10.2 Å². The molecule has 3 rings (SSSR count). The number of nitrogens with zero attached hydrogens (tertiary/aromatic N) is 2. The molecule has 2 heterocycles. The van der Waals surface area contributed by atoms with E-state index >= 15 is 0 Å².